The lowest BCUT2D eigenvalue weighted by atomic mass is 10.1. The number of carbonyl (C=O) groups is 2. The SMILES string of the molecule is O=C(N[C@@H]1CCC[C@H]1O)c1sc2nccc3c2c1NC(=O)N3c1ccc(Oc2ccccc2)cc1. The van der Waals surface area contributed by atoms with E-state index in [1.165, 1.54) is 11.3 Å². The number of para-hydroxylation sites is 1. The van der Waals surface area contributed by atoms with Gasteiger partial charge in [-0.25, -0.2) is 9.78 Å². The van der Waals surface area contributed by atoms with Crippen LogP contribution in [0, 0.1) is 0 Å². The van der Waals surface area contributed by atoms with Gasteiger partial charge in [-0.15, -0.1) is 11.3 Å². The molecule has 8 nitrogen and oxygen atoms in total. The number of pyridine rings is 1. The molecular weight excluding hydrogens is 464 g/mol. The summed E-state index contributed by atoms with van der Waals surface area (Å²) in [5.74, 6) is 1.07. The maximum atomic E-state index is 13.2. The third-order valence-corrected chi connectivity index (χ3v) is 7.42. The van der Waals surface area contributed by atoms with Gasteiger partial charge in [0.1, 0.15) is 21.2 Å². The molecule has 2 aliphatic rings. The number of amides is 3. The number of ether oxygens (including phenoxy) is 1. The van der Waals surface area contributed by atoms with Crippen LogP contribution in [0.3, 0.4) is 0 Å². The first-order valence-electron chi connectivity index (χ1n) is 11.4. The van der Waals surface area contributed by atoms with Gasteiger partial charge in [-0.1, -0.05) is 18.2 Å². The van der Waals surface area contributed by atoms with Gasteiger partial charge in [0, 0.05) is 6.20 Å². The third-order valence-electron chi connectivity index (χ3n) is 6.32. The summed E-state index contributed by atoms with van der Waals surface area (Å²) in [5, 5.41) is 16.6. The maximum Gasteiger partial charge on any atom is 0.331 e. The highest BCUT2D eigenvalue weighted by molar-refractivity contribution is 7.21. The number of rotatable bonds is 5. The molecular formula is C26H22N4O4S. The molecule has 176 valence electrons. The number of thiophene rings is 1. The Hall–Kier alpha value is -3.95. The Morgan fingerprint density at radius 3 is 2.60 bits per heavy atom. The summed E-state index contributed by atoms with van der Waals surface area (Å²) in [6.45, 7) is 0. The second kappa shape index (κ2) is 8.68. The van der Waals surface area contributed by atoms with Crippen LogP contribution >= 0.6 is 11.3 Å². The smallest absolute Gasteiger partial charge is 0.331 e. The van der Waals surface area contributed by atoms with Crippen molar-refractivity contribution in [3.8, 4) is 11.5 Å². The van der Waals surface area contributed by atoms with Crippen LogP contribution in [-0.4, -0.2) is 34.2 Å². The van der Waals surface area contributed by atoms with Crippen LogP contribution in [0.4, 0.5) is 21.9 Å². The molecule has 1 fully saturated rings. The largest absolute Gasteiger partial charge is 0.457 e. The standard InChI is InChI=1S/C26H22N4O4S/c31-20-8-4-7-18(20)28-24(32)23-22-21-19(13-14-27-25(21)35-23)30(26(33)29-22)15-9-11-17(12-10-15)34-16-5-2-1-3-6-16/h1-3,5-6,9-14,18,20,31H,4,7-8H2,(H,28,32)(H,29,33)/t18-,20-/m1/s1. The fraction of sp³-hybridized carbons (Fsp3) is 0.192. The first-order chi connectivity index (χ1) is 17.1. The fourth-order valence-electron chi connectivity index (χ4n) is 4.63. The van der Waals surface area contributed by atoms with Crippen molar-refractivity contribution in [2.24, 2.45) is 0 Å². The van der Waals surface area contributed by atoms with E-state index in [1.54, 1.807) is 17.2 Å². The zero-order valence-corrected chi connectivity index (χ0v) is 19.4. The Labute approximate surface area is 205 Å². The van der Waals surface area contributed by atoms with Gasteiger partial charge in [0.15, 0.2) is 0 Å². The normalized spacial score (nSPS) is 19.0. The van der Waals surface area contributed by atoms with Crippen LogP contribution in [0.25, 0.3) is 10.2 Å². The van der Waals surface area contributed by atoms with Crippen molar-refractivity contribution in [2.75, 3.05) is 10.2 Å². The molecule has 3 amide bonds. The highest BCUT2D eigenvalue weighted by Crippen LogP contribution is 2.46. The predicted molar refractivity (Wildman–Crippen MR) is 135 cm³/mol. The molecule has 0 spiro atoms. The molecule has 0 radical (unpaired) electrons. The molecule has 4 aromatic rings. The van der Waals surface area contributed by atoms with E-state index < -0.39 is 6.10 Å². The van der Waals surface area contributed by atoms with E-state index in [-0.39, 0.29) is 18.0 Å². The Bertz CT molecular complexity index is 1420. The van der Waals surface area contributed by atoms with Crippen molar-refractivity contribution in [3.05, 3.63) is 71.7 Å². The average molecular weight is 487 g/mol. The molecule has 1 aliphatic heterocycles. The van der Waals surface area contributed by atoms with Crippen molar-refractivity contribution in [2.45, 2.75) is 31.4 Å². The molecule has 1 aliphatic carbocycles. The number of anilines is 3. The lowest BCUT2D eigenvalue weighted by molar-refractivity contribution is 0.0878. The van der Waals surface area contributed by atoms with Crippen molar-refractivity contribution in [3.63, 3.8) is 0 Å². The predicted octanol–water partition coefficient (Wildman–Crippen LogP) is 5.42. The quantitative estimate of drug-likeness (QED) is 0.350. The van der Waals surface area contributed by atoms with Crippen molar-refractivity contribution >= 4 is 50.6 Å². The summed E-state index contributed by atoms with van der Waals surface area (Å²) < 4.78 is 5.86. The minimum absolute atomic E-state index is 0.278. The number of aliphatic hydroxyl groups is 1. The molecule has 2 atom stereocenters. The Morgan fingerprint density at radius 2 is 1.86 bits per heavy atom. The minimum atomic E-state index is -0.544. The highest BCUT2D eigenvalue weighted by atomic mass is 32.1. The minimum Gasteiger partial charge on any atom is -0.457 e. The van der Waals surface area contributed by atoms with Crippen LogP contribution in [-0.2, 0) is 0 Å². The van der Waals surface area contributed by atoms with Gasteiger partial charge >= 0.3 is 6.03 Å². The average Bonchev–Trinajstić information content (AvgIpc) is 3.44. The van der Waals surface area contributed by atoms with E-state index in [9.17, 15) is 14.7 Å². The number of urea groups is 1. The van der Waals surface area contributed by atoms with E-state index >= 15 is 0 Å². The number of hydrogen-bond donors (Lipinski definition) is 3. The summed E-state index contributed by atoms with van der Waals surface area (Å²) in [5.41, 5.74) is 1.78. The van der Waals surface area contributed by atoms with E-state index in [1.807, 2.05) is 54.6 Å². The maximum absolute atomic E-state index is 13.2. The van der Waals surface area contributed by atoms with Crippen LogP contribution in [0.15, 0.2) is 66.9 Å². The highest BCUT2D eigenvalue weighted by Gasteiger charge is 2.34. The number of aliphatic hydroxyl groups excluding tert-OH is 1. The van der Waals surface area contributed by atoms with Crippen molar-refractivity contribution in [1.82, 2.24) is 10.3 Å². The lowest BCUT2D eigenvalue weighted by Gasteiger charge is -2.28. The van der Waals surface area contributed by atoms with Crippen LogP contribution in [0.1, 0.15) is 28.9 Å². The summed E-state index contributed by atoms with van der Waals surface area (Å²) in [7, 11) is 0. The van der Waals surface area contributed by atoms with Gasteiger partial charge in [-0.3, -0.25) is 9.69 Å². The summed E-state index contributed by atoms with van der Waals surface area (Å²) in [6, 6.07) is 17.9. The molecule has 0 unspecified atom stereocenters. The summed E-state index contributed by atoms with van der Waals surface area (Å²) >= 11 is 1.23. The Kier molecular flexibility index (Phi) is 5.35. The molecule has 1 saturated carbocycles. The zero-order chi connectivity index (χ0) is 23.9. The zero-order valence-electron chi connectivity index (χ0n) is 18.6. The molecule has 9 heteroatoms. The third kappa shape index (κ3) is 3.88. The van der Waals surface area contributed by atoms with Gasteiger partial charge < -0.3 is 20.5 Å². The van der Waals surface area contributed by atoms with Crippen LogP contribution in [0.2, 0.25) is 0 Å². The van der Waals surface area contributed by atoms with Crippen molar-refractivity contribution < 1.29 is 19.4 Å². The molecule has 3 heterocycles. The number of carbonyl (C=O) groups excluding carboxylic acids is 2. The lowest BCUT2D eigenvalue weighted by Crippen LogP contribution is -2.40. The number of benzene rings is 2. The van der Waals surface area contributed by atoms with Gasteiger partial charge in [0.25, 0.3) is 5.91 Å². The molecule has 35 heavy (non-hydrogen) atoms. The van der Waals surface area contributed by atoms with Crippen LogP contribution < -0.4 is 20.3 Å². The molecule has 6 rings (SSSR count). The van der Waals surface area contributed by atoms with E-state index in [4.69, 9.17) is 4.74 Å². The van der Waals surface area contributed by atoms with Gasteiger partial charge in [-0.05, 0) is 61.7 Å². The van der Waals surface area contributed by atoms with E-state index in [2.05, 4.69) is 15.6 Å². The Morgan fingerprint density at radius 1 is 1.09 bits per heavy atom. The number of hydrogen-bond acceptors (Lipinski definition) is 6. The van der Waals surface area contributed by atoms with Crippen LogP contribution in [0.5, 0.6) is 11.5 Å². The summed E-state index contributed by atoms with van der Waals surface area (Å²) in [6.07, 6.45) is 3.38. The second-order valence-electron chi connectivity index (χ2n) is 8.57. The molecule has 0 bridgehead atoms. The molecule has 0 saturated heterocycles. The molecule has 2 aromatic carbocycles. The summed E-state index contributed by atoms with van der Waals surface area (Å²) in [4.78, 5) is 33.3. The Balaban J connectivity index is 1.32. The molecule has 2 aromatic heterocycles. The monoisotopic (exact) mass is 486 g/mol. The molecule has 3 N–H and O–H groups in total. The van der Waals surface area contributed by atoms with Gasteiger partial charge in [-0.2, -0.15) is 0 Å². The first kappa shape index (κ1) is 21.6. The second-order valence-corrected chi connectivity index (χ2v) is 9.57. The van der Waals surface area contributed by atoms with E-state index in [0.29, 0.717) is 38.9 Å². The van der Waals surface area contributed by atoms with Gasteiger partial charge in [0.05, 0.1) is 34.6 Å². The number of nitrogens with zero attached hydrogens (tertiary/aromatic N) is 2. The number of aromatic nitrogens is 1. The van der Waals surface area contributed by atoms with E-state index in [0.717, 1.165) is 24.0 Å². The number of nitrogens with one attached hydrogen (secondary N) is 2. The van der Waals surface area contributed by atoms with Crippen molar-refractivity contribution in [1.29, 1.82) is 0 Å². The topological polar surface area (TPSA) is 104 Å². The van der Waals surface area contributed by atoms with Gasteiger partial charge in [0.2, 0.25) is 0 Å². The first-order valence-corrected chi connectivity index (χ1v) is 12.2. The fourth-order valence-corrected chi connectivity index (χ4v) is 5.65.